The molecule has 6 heteroatoms. The SMILES string of the molecule is CCCC(=O)Oc1ccc2nc(Nc3ccccc3Br)oc2c1. The quantitative estimate of drug-likeness (QED) is 0.500. The summed E-state index contributed by atoms with van der Waals surface area (Å²) in [6.07, 6.45) is 1.15. The minimum Gasteiger partial charge on any atom is -0.426 e. The number of aromatic nitrogens is 1. The number of nitrogens with zero attached hydrogens (tertiary/aromatic N) is 1. The number of hydrogen-bond acceptors (Lipinski definition) is 5. The topological polar surface area (TPSA) is 64.4 Å². The molecule has 1 aromatic heterocycles. The zero-order chi connectivity index (χ0) is 16.2. The monoisotopic (exact) mass is 374 g/mol. The van der Waals surface area contributed by atoms with E-state index in [0.29, 0.717) is 29.3 Å². The molecule has 0 aliphatic carbocycles. The molecule has 3 rings (SSSR count). The van der Waals surface area contributed by atoms with E-state index in [1.165, 1.54) is 0 Å². The van der Waals surface area contributed by atoms with Gasteiger partial charge in [0.1, 0.15) is 11.3 Å². The minimum atomic E-state index is -0.252. The molecule has 5 nitrogen and oxygen atoms in total. The lowest BCUT2D eigenvalue weighted by Crippen LogP contribution is -2.06. The summed E-state index contributed by atoms with van der Waals surface area (Å²) in [5, 5.41) is 3.11. The molecule has 1 heterocycles. The molecule has 0 radical (unpaired) electrons. The van der Waals surface area contributed by atoms with Crippen LogP contribution in [-0.2, 0) is 4.79 Å². The number of carbonyl (C=O) groups is 1. The highest BCUT2D eigenvalue weighted by Gasteiger charge is 2.10. The van der Waals surface area contributed by atoms with Crippen LogP contribution < -0.4 is 10.1 Å². The summed E-state index contributed by atoms with van der Waals surface area (Å²) in [4.78, 5) is 15.9. The van der Waals surface area contributed by atoms with Crippen molar-refractivity contribution in [3.8, 4) is 5.75 Å². The number of anilines is 2. The summed E-state index contributed by atoms with van der Waals surface area (Å²) in [7, 11) is 0. The van der Waals surface area contributed by atoms with Gasteiger partial charge in [0.25, 0.3) is 6.01 Å². The number of oxazole rings is 1. The van der Waals surface area contributed by atoms with Gasteiger partial charge in [-0.3, -0.25) is 4.79 Å². The summed E-state index contributed by atoms with van der Waals surface area (Å²) in [5.41, 5.74) is 2.10. The van der Waals surface area contributed by atoms with Gasteiger partial charge in [0.05, 0.1) is 5.69 Å². The van der Waals surface area contributed by atoms with Gasteiger partial charge >= 0.3 is 5.97 Å². The Kier molecular flexibility index (Phi) is 4.62. The van der Waals surface area contributed by atoms with E-state index in [1.54, 1.807) is 18.2 Å². The number of carbonyl (C=O) groups excluding carboxylic acids is 1. The summed E-state index contributed by atoms with van der Waals surface area (Å²) < 4.78 is 11.8. The first-order valence-corrected chi connectivity index (χ1v) is 8.08. The van der Waals surface area contributed by atoms with E-state index in [1.807, 2.05) is 31.2 Å². The second-order valence-corrected chi connectivity index (χ2v) is 5.83. The molecular weight excluding hydrogens is 360 g/mol. The van der Waals surface area contributed by atoms with Gasteiger partial charge in [-0.25, -0.2) is 0 Å². The van der Waals surface area contributed by atoms with Gasteiger partial charge in [-0.15, -0.1) is 0 Å². The van der Waals surface area contributed by atoms with E-state index in [-0.39, 0.29) is 5.97 Å². The fourth-order valence-electron chi connectivity index (χ4n) is 2.09. The fraction of sp³-hybridized carbons (Fsp3) is 0.176. The molecule has 0 aliphatic heterocycles. The van der Waals surface area contributed by atoms with Crippen LogP contribution in [0.5, 0.6) is 5.75 Å². The average Bonchev–Trinajstić information content (AvgIpc) is 2.91. The number of ether oxygens (including phenoxy) is 1. The number of benzene rings is 2. The minimum absolute atomic E-state index is 0.252. The molecule has 0 saturated heterocycles. The van der Waals surface area contributed by atoms with E-state index < -0.39 is 0 Å². The Morgan fingerprint density at radius 2 is 2.13 bits per heavy atom. The Balaban J connectivity index is 1.82. The Morgan fingerprint density at radius 3 is 2.91 bits per heavy atom. The molecule has 0 bridgehead atoms. The zero-order valence-electron chi connectivity index (χ0n) is 12.5. The van der Waals surface area contributed by atoms with Crippen molar-refractivity contribution in [1.29, 1.82) is 0 Å². The normalized spacial score (nSPS) is 10.7. The Bertz CT molecular complexity index is 845. The van der Waals surface area contributed by atoms with Crippen LogP contribution in [-0.4, -0.2) is 11.0 Å². The predicted octanol–water partition coefficient (Wildman–Crippen LogP) is 5.04. The lowest BCUT2D eigenvalue weighted by Gasteiger charge is -2.03. The van der Waals surface area contributed by atoms with Gasteiger partial charge in [-0.1, -0.05) is 19.1 Å². The molecule has 0 fully saturated rings. The van der Waals surface area contributed by atoms with Gasteiger partial charge in [0.15, 0.2) is 5.58 Å². The average molecular weight is 375 g/mol. The number of nitrogens with one attached hydrogen (secondary N) is 1. The molecule has 0 atom stereocenters. The van der Waals surface area contributed by atoms with Crippen LogP contribution in [0.2, 0.25) is 0 Å². The number of esters is 1. The highest BCUT2D eigenvalue weighted by Crippen LogP contribution is 2.28. The third kappa shape index (κ3) is 3.71. The standard InChI is InChI=1S/C17H15BrN2O3/c1-2-5-16(21)22-11-8-9-14-15(10-11)23-17(20-14)19-13-7-4-3-6-12(13)18/h3-4,6-10H,2,5H2,1H3,(H,19,20). The molecule has 0 spiro atoms. The maximum Gasteiger partial charge on any atom is 0.311 e. The van der Waals surface area contributed by atoms with Crippen molar-refractivity contribution in [1.82, 2.24) is 4.98 Å². The van der Waals surface area contributed by atoms with E-state index in [4.69, 9.17) is 9.15 Å². The first-order chi connectivity index (χ1) is 11.2. The van der Waals surface area contributed by atoms with Crippen LogP contribution in [0.4, 0.5) is 11.7 Å². The Labute approximate surface area is 141 Å². The number of hydrogen-bond donors (Lipinski definition) is 1. The summed E-state index contributed by atoms with van der Waals surface area (Å²) >= 11 is 3.46. The number of para-hydroxylation sites is 1. The maximum atomic E-state index is 11.5. The molecule has 2 aromatic carbocycles. The van der Waals surface area contributed by atoms with Gasteiger partial charge in [-0.2, -0.15) is 4.98 Å². The maximum absolute atomic E-state index is 11.5. The second kappa shape index (κ2) is 6.83. The molecule has 0 saturated carbocycles. The molecule has 1 N–H and O–H groups in total. The van der Waals surface area contributed by atoms with Crippen molar-refractivity contribution in [3.63, 3.8) is 0 Å². The van der Waals surface area contributed by atoms with Crippen molar-refractivity contribution in [3.05, 3.63) is 46.9 Å². The molecule has 23 heavy (non-hydrogen) atoms. The van der Waals surface area contributed by atoms with E-state index >= 15 is 0 Å². The van der Waals surface area contributed by atoms with Crippen molar-refractivity contribution < 1.29 is 13.9 Å². The van der Waals surface area contributed by atoms with Gasteiger partial charge in [-0.05, 0) is 46.6 Å². The van der Waals surface area contributed by atoms with Crippen molar-refractivity contribution >= 4 is 44.7 Å². The first-order valence-electron chi connectivity index (χ1n) is 7.28. The number of rotatable bonds is 5. The zero-order valence-corrected chi connectivity index (χ0v) is 14.1. The van der Waals surface area contributed by atoms with Crippen LogP contribution in [0.3, 0.4) is 0 Å². The van der Waals surface area contributed by atoms with Crippen molar-refractivity contribution in [2.45, 2.75) is 19.8 Å². The largest absolute Gasteiger partial charge is 0.426 e. The molecular formula is C17H15BrN2O3. The van der Waals surface area contributed by atoms with Gasteiger partial charge in [0.2, 0.25) is 0 Å². The van der Waals surface area contributed by atoms with Crippen LogP contribution in [0.25, 0.3) is 11.1 Å². The lowest BCUT2D eigenvalue weighted by atomic mass is 10.3. The summed E-state index contributed by atoms with van der Waals surface area (Å²) in [6.45, 7) is 1.93. The van der Waals surface area contributed by atoms with Gasteiger partial charge < -0.3 is 14.5 Å². The van der Waals surface area contributed by atoms with Crippen LogP contribution in [0, 0.1) is 0 Å². The van der Waals surface area contributed by atoms with E-state index in [0.717, 1.165) is 16.6 Å². The number of halogens is 1. The van der Waals surface area contributed by atoms with Crippen LogP contribution in [0.1, 0.15) is 19.8 Å². The molecule has 0 amide bonds. The lowest BCUT2D eigenvalue weighted by molar-refractivity contribution is -0.134. The van der Waals surface area contributed by atoms with Crippen molar-refractivity contribution in [2.24, 2.45) is 0 Å². The van der Waals surface area contributed by atoms with Crippen molar-refractivity contribution in [2.75, 3.05) is 5.32 Å². The second-order valence-electron chi connectivity index (χ2n) is 4.98. The first kappa shape index (κ1) is 15.6. The molecule has 0 unspecified atom stereocenters. The third-order valence-electron chi connectivity index (χ3n) is 3.16. The van der Waals surface area contributed by atoms with E-state index in [9.17, 15) is 4.79 Å². The fourth-order valence-corrected chi connectivity index (χ4v) is 2.47. The van der Waals surface area contributed by atoms with Crippen LogP contribution >= 0.6 is 15.9 Å². The Morgan fingerprint density at radius 1 is 1.30 bits per heavy atom. The highest BCUT2D eigenvalue weighted by molar-refractivity contribution is 9.10. The van der Waals surface area contributed by atoms with Gasteiger partial charge in [0, 0.05) is 17.0 Å². The number of fused-ring (bicyclic) bond motifs is 1. The molecule has 3 aromatic rings. The third-order valence-corrected chi connectivity index (χ3v) is 3.85. The van der Waals surface area contributed by atoms with E-state index in [2.05, 4.69) is 26.2 Å². The summed E-state index contributed by atoms with van der Waals surface area (Å²) in [6, 6.07) is 13.2. The van der Waals surface area contributed by atoms with Crippen LogP contribution in [0.15, 0.2) is 51.4 Å². The smallest absolute Gasteiger partial charge is 0.311 e. The predicted molar refractivity (Wildman–Crippen MR) is 92.0 cm³/mol. The highest BCUT2D eigenvalue weighted by atomic mass is 79.9. The molecule has 0 aliphatic rings. The Hall–Kier alpha value is -2.34. The summed E-state index contributed by atoms with van der Waals surface area (Å²) in [5.74, 6) is 0.206. The molecule has 118 valence electrons.